The zero-order valence-electron chi connectivity index (χ0n) is 24.9. The van der Waals surface area contributed by atoms with E-state index in [-0.39, 0.29) is 44.2 Å². The normalized spacial score (nSPS) is 18.1. The van der Waals surface area contributed by atoms with Crippen LogP contribution >= 0.6 is 0 Å². The number of benzene rings is 3. The van der Waals surface area contributed by atoms with Gasteiger partial charge < -0.3 is 45.1 Å². The van der Waals surface area contributed by atoms with Crippen LogP contribution in [0.15, 0.2) is 66.7 Å². The van der Waals surface area contributed by atoms with Gasteiger partial charge in [0.15, 0.2) is 11.5 Å². The van der Waals surface area contributed by atoms with Crippen LogP contribution in [0.4, 0.5) is 26.7 Å². The number of hydrogen-bond acceptors (Lipinski definition) is 7. The first-order valence-corrected chi connectivity index (χ1v) is 14.4. The fraction of sp³-hybridized carbons (Fsp3) is 0.344. The summed E-state index contributed by atoms with van der Waals surface area (Å²) in [6.07, 6.45) is -0.476. The summed E-state index contributed by atoms with van der Waals surface area (Å²) in [6, 6.07) is 18.2. The number of anilines is 3. The highest BCUT2D eigenvalue weighted by Gasteiger charge is 2.32. The monoisotopic (exact) mass is 603 g/mol. The van der Waals surface area contributed by atoms with Crippen molar-refractivity contribution in [1.82, 2.24) is 9.80 Å². The van der Waals surface area contributed by atoms with Gasteiger partial charge in [0.2, 0.25) is 12.7 Å². The molecule has 0 fully saturated rings. The molecule has 0 saturated carbocycles. The molecule has 2 aliphatic heterocycles. The van der Waals surface area contributed by atoms with E-state index in [1.807, 2.05) is 37.3 Å². The maximum absolute atomic E-state index is 13.5. The van der Waals surface area contributed by atoms with Crippen LogP contribution in [0.25, 0.3) is 0 Å². The second-order valence-electron chi connectivity index (χ2n) is 11.0. The molecule has 0 unspecified atom stereocenters. The summed E-state index contributed by atoms with van der Waals surface area (Å²) in [5.41, 5.74) is 2.23. The summed E-state index contributed by atoms with van der Waals surface area (Å²) >= 11 is 0. The zero-order valence-corrected chi connectivity index (χ0v) is 24.9. The topological polar surface area (TPSA) is 142 Å². The lowest BCUT2D eigenvalue weighted by Crippen LogP contribution is -2.48. The van der Waals surface area contributed by atoms with Crippen molar-refractivity contribution in [2.24, 2.45) is 5.92 Å². The summed E-state index contributed by atoms with van der Waals surface area (Å²) in [4.78, 5) is 42.5. The number of nitrogens with one attached hydrogen (secondary N) is 3. The van der Waals surface area contributed by atoms with Crippen molar-refractivity contribution >= 4 is 35.0 Å². The van der Waals surface area contributed by atoms with E-state index in [9.17, 15) is 19.5 Å². The summed E-state index contributed by atoms with van der Waals surface area (Å²) in [7, 11) is 1.69. The SMILES string of the molecule is C[C@@H]1CN([C@@H](C)CO)C(=O)Cc2cc(NC(=O)Nc3ccc4c(c3)OCO4)ccc2O[C@@H]1CN(C)C(=O)Nc1ccccc1. The van der Waals surface area contributed by atoms with Crippen LogP contribution in [0, 0.1) is 5.92 Å². The van der Waals surface area contributed by atoms with E-state index in [1.165, 1.54) is 0 Å². The van der Waals surface area contributed by atoms with Gasteiger partial charge in [-0.15, -0.1) is 0 Å². The van der Waals surface area contributed by atoms with Gasteiger partial charge in [-0.1, -0.05) is 25.1 Å². The van der Waals surface area contributed by atoms with E-state index in [2.05, 4.69) is 16.0 Å². The van der Waals surface area contributed by atoms with Crippen molar-refractivity contribution in [3.8, 4) is 17.2 Å². The van der Waals surface area contributed by atoms with Gasteiger partial charge in [-0.2, -0.15) is 0 Å². The minimum atomic E-state index is -0.479. The predicted octanol–water partition coefficient (Wildman–Crippen LogP) is 4.37. The van der Waals surface area contributed by atoms with Crippen molar-refractivity contribution in [1.29, 1.82) is 0 Å². The Hall–Kier alpha value is -4.97. The van der Waals surface area contributed by atoms with Gasteiger partial charge in [-0.25, -0.2) is 9.59 Å². The van der Waals surface area contributed by atoms with Crippen molar-refractivity contribution in [3.05, 3.63) is 72.3 Å². The molecule has 0 aromatic heterocycles. The Balaban J connectivity index is 1.34. The van der Waals surface area contributed by atoms with Gasteiger partial charge in [-0.3, -0.25) is 4.79 Å². The van der Waals surface area contributed by atoms with E-state index in [1.54, 1.807) is 60.2 Å². The molecule has 2 heterocycles. The van der Waals surface area contributed by atoms with Crippen LogP contribution in [0.5, 0.6) is 17.2 Å². The van der Waals surface area contributed by atoms with Crippen LogP contribution in [-0.2, 0) is 11.2 Å². The average molecular weight is 604 g/mol. The van der Waals surface area contributed by atoms with E-state index in [0.717, 1.165) is 0 Å². The molecule has 4 N–H and O–H groups in total. The van der Waals surface area contributed by atoms with Crippen LogP contribution in [0.3, 0.4) is 0 Å². The number of carbonyl (C=O) groups excluding carboxylic acids is 3. The number of urea groups is 2. The van der Waals surface area contributed by atoms with Crippen molar-refractivity contribution in [2.45, 2.75) is 32.4 Å². The number of para-hydroxylation sites is 1. The molecule has 12 nitrogen and oxygen atoms in total. The van der Waals surface area contributed by atoms with Gasteiger partial charge >= 0.3 is 12.1 Å². The highest BCUT2D eigenvalue weighted by atomic mass is 16.7. The molecule has 2 aliphatic rings. The number of fused-ring (bicyclic) bond motifs is 2. The lowest BCUT2D eigenvalue weighted by molar-refractivity contribution is -0.134. The first-order valence-electron chi connectivity index (χ1n) is 14.4. The lowest BCUT2D eigenvalue weighted by Gasteiger charge is -2.34. The van der Waals surface area contributed by atoms with Crippen molar-refractivity contribution in [2.75, 3.05) is 49.5 Å². The lowest BCUT2D eigenvalue weighted by atomic mass is 10.0. The maximum Gasteiger partial charge on any atom is 0.323 e. The van der Waals surface area contributed by atoms with E-state index in [4.69, 9.17) is 14.2 Å². The molecular weight excluding hydrogens is 566 g/mol. The second kappa shape index (κ2) is 13.6. The van der Waals surface area contributed by atoms with Gasteiger partial charge in [0.1, 0.15) is 11.9 Å². The Kier molecular flexibility index (Phi) is 9.39. The molecule has 0 saturated heterocycles. The number of rotatable bonds is 7. The molecule has 5 amide bonds. The van der Waals surface area contributed by atoms with E-state index < -0.39 is 18.2 Å². The third kappa shape index (κ3) is 7.32. The van der Waals surface area contributed by atoms with E-state index in [0.29, 0.717) is 46.4 Å². The van der Waals surface area contributed by atoms with E-state index >= 15 is 0 Å². The number of amides is 5. The quantitative estimate of drug-likeness (QED) is 0.314. The molecule has 5 rings (SSSR count). The molecule has 12 heteroatoms. The number of ether oxygens (including phenoxy) is 3. The highest BCUT2D eigenvalue weighted by Crippen LogP contribution is 2.34. The first-order chi connectivity index (χ1) is 21.2. The Labute approximate surface area is 255 Å². The minimum Gasteiger partial charge on any atom is -0.488 e. The van der Waals surface area contributed by atoms with Crippen LogP contribution in [-0.4, -0.2) is 78.6 Å². The number of aliphatic hydroxyl groups is 1. The van der Waals surface area contributed by atoms with Crippen molar-refractivity contribution in [3.63, 3.8) is 0 Å². The Morgan fingerprint density at radius 2 is 1.64 bits per heavy atom. The number of hydrogen-bond donors (Lipinski definition) is 4. The number of aliphatic hydroxyl groups excluding tert-OH is 1. The molecule has 3 aromatic carbocycles. The summed E-state index contributed by atoms with van der Waals surface area (Å²) in [5.74, 6) is 1.27. The Bertz CT molecular complexity index is 1500. The third-order valence-corrected chi connectivity index (χ3v) is 7.63. The molecule has 232 valence electrons. The number of carbonyl (C=O) groups is 3. The van der Waals surface area contributed by atoms with Gasteiger partial charge in [0.25, 0.3) is 0 Å². The largest absolute Gasteiger partial charge is 0.488 e. The van der Waals surface area contributed by atoms with Crippen molar-refractivity contribution < 1.29 is 33.7 Å². The average Bonchev–Trinajstić information content (AvgIpc) is 3.49. The fourth-order valence-electron chi connectivity index (χ4n) is 5.09. The summed E-state index contributed by atoms with van der Waals surface area (Å²) < 4.78 is 17.2. The number of nitrogens with zero attached hydrogens (tertiary/aromatic N) is 2. The smallest absolute Gasteiger partial charge is 0.323 e. The molecule has 3 aromatic rings. The van der Waals surface area contributed by atoms with Crippen LogP contribution < -0.4 is 30.2 Å². The Morgan fingerprint density at radius 3 is 2.36 bits per heavy atom. The fourth-order valence-corrected chi connectivity index (χ4v) is 5.09. The van der Waals surface area contributed by atoms with Gasteiger partial charge in [0, 0.05) is 48.2 Å². The predicted molar refractivity (Wildman–Crippen MR) is 165 cm³/mol. The third-order valence-electron chi connectivity index (χ3n) is 7.63. The molecule has 0 aliphatic carbocycles. The summed E-state index contributed by atoms with van der Waals surface area (Å²) in [6.45, 7) is 4.25. The zero-order chi connectivity index (χ0) is 31.2. The molecule has 3 atom stereocenters. The Morgan fingerprint density at radius 1 is 0.955 bits per heavy atom. The second-order valence-corrected chi connectivity index (χ2v) is 11.0. The van der Waals surface area contributed by atoms with Crippen LogP contribution in [0.2, 0.25) is 0 Å². The highest BCUT2D eigenvalue weighted by molar-refractivity contribution is 6.00. The molecule has 44 heavy (non-hydrogen) atoms. The summed E-state index contributed by atoms with van der Waals surface area (Å²) in [5, 5.41) is 18.4. The maximum atomic E-state index is 13.5. The standard InChI is InChI=1S/C32H37N5O7/c1-20-16-37(21(2)18-38)30(39)14-22-13-24(33-31(40)34-25-10-12-27-28(15-25)43-19-42-27)9-11-26(22)44-29(20)17-36(3)32(41)35-23-7-5-4-6-8-23/h4-13,15,20-21,29,38H,14,16-19H2,1-3H3,(H,35,41)(H2,33,34,40)/t20-,21+,29-/m1/s1. The minimum absolute atomic E-state index is 0.00272. The molecular formula is C32H37N5O7. The number of likely N-dealkylation sites (N-methyl/N-ethyl adjacent to an activating group) is 1. The molecule has 0 bridgehead atoms. The molecule has 0 radical (unpaired) electrons. The van der Waals surface area contributed by atoms with Gasteiger partial charge in [-0.05, 0) is 49.4 Å². The first kappa shape index (κ1) is 30.5. The van der Waals surface area contributed by atoms with Gasteiger partial charge in [0.05, 0.1) is 25.6 Å². The molecule has 0 spiro atoms. The van der Waals surface area contributed by atoms with Crippen LogP contribution in [0.1, 0.15) is 19.4 Å².